The van der Waals surface area contributed by atoms with Gasteiger partial charge in [0.1, 0.15) is 23.8 Å². The van der Waals surface area contributed by atoms with E-state index in [9.17, 15) is 14.4 Å². The van der Waals surface area contributed by atoms with Crippen molar-refractivity contribution in [3.8, 4) is 0 Å². The highest BCUT2D eigenvalue weighted by molar-refractivity contribution is 6.30. The molecule has 0 fully saturated rings. The van der Waals surface area contributed by atoms with Crippen LogP contribution in [0.25, 0.3) is 5.65 Å². The van der Waals surface area contributed by atoms with Crippen molar-refractivity contribution in [2.24, 2.45) is 0 Å². The van der Waals surface area contributed by atoms with Gasteiger partial charge in [0.05, 0.1) is 22.7 Å². The summed E-state index contributed by atoms with van der Waals surface area (Å²) in [5.41, 5.74) is 0.972. The summed E-state index contributed by atoms with van der Waals surface area (Å²) in [4.78, 5) is 39.7. The van der Waals surface area contributed by atoms with E-state index in [1.165, 1.54) is 23.6 Å². The van der Waals surface area contributed by atoms with E-state index in [0.29, 0.717) is 39.9 Å². The second kappa shape index (κ2) is 7.75. The van der Waals surface area contributed by atoms with Gasteiger partial charge in [-0.2, -0.15) is 0 Å². The molecule has 0 radical (unpaired) electrons. The molecule has 0 spiro atoms. The van der Waals surface area contributed by atoms with Gasteiger partial charge in [-0.1, -0.05) is 11.6 Å². The molecular formula is C19H17ClN2O5. The summed E-state index contributed by atoms with van der Waals surface area (Å²) in [5, 5.41) is 0.423. The first-order chi connectivity index (χ1) is 12.8. The molecule has 7 nitrogen and oxygen atoms in total. The van der Waals surface area contributed by atoms with Crippen molar-refractivity contribution in [2.45, 2.75) is 33.3 Å². The Morgan fingerprint density at radius 1 is 1.30 bits per heavy atom. The van der Waals surface area contributed by atoms with Crippen LogP contribution < -0.4 is 5.56 Å². The molecule has 3 aromatic rings. The molecule has 0 saturated heterocycles. The number of rotatable bonds is 6. The molecule has 0 aliphatic rings. The molecule has 0 amide bonds. The zero-order valence-corrected chi connectivity index (χ0v) is 15.6. The van der Waals surface area contributed by atoms with Gasteiger partial charge in [-0.05, 0) is 32.0 Å². The van der Waals surface area contributed by atoms with E-state index >= 15 is 0 Å². The third-order valence-corrected chi connectivity index (χ3v) is 4.20. The standard InChI is InChI=1S/C19H17ClN2O5/c1-11(23)16-8-15(27-12(16)2)4-6-19(25)26-10-14-7-18(24)22-9-13(20)3-5-17(22)21-14/h3,5,7-9H,4,6,10H2,1-2H3. The third kappa shape index (κ3) is 4.43. The van der Waals surface area contributed by atoms with Crippen molar-refractivity contribution >= 4 is 29.0 Å². The average Bonchev–Trinajstić information content (AvgIpc) is 3.00. The lowest BCUT2D eigenvalue weighted by Crippen LogP contribution is -2.16. The van der Waals surface area contributed by atoms with E-state index in [-0.39, 0.29) is 24.4 Å². The van der Waals surface area contributed by atoms with Crippen molar-refractivity contribution < 1.29 is 18.7 Å². The zero-order valence-electron chi connectivity index (χ0n) is 14.8. The molecule has 0 atom stereocenters. The number of furan rings is 1. The molecular weight excluding hydrogens is 372 g/mol. The molecule has 3 aromatic heterocycles. The lowest BCUT2D eigenvalue weighted by atomic mass is 10.1. The Bertz CT molecular complexity index is 1080. The lowest BCUT2D eigenvalue weighted by molar-refractivity contribution is -0.145. The fourth-order valence-corrected chi connectivity index (χ4v) is 2.83. The second-order valence-corrected chi connectivity index (χ2v) is 6.50. The van der Waals surface area contributed by atoms with Crippen molar-refractivity contribution in [3.05, 3.63) is 68.6 Å². The minimum Gasteiger partial charge on any atom is -0.466 e. The van der Waals surface area contributed by atoms with E-state index in [1.54, 1.807) is 25.1 Å². The number of hydrogen-bond donors (Lipinski definition) is 0. The number of hydrogen-bond acceptors (Lipinski definition) is 6. The number of halogens is 1. The Kier molecular flexibility index (Phi) is 5.41. The van der Waals surface area contributed by atoms with E-state index < -0.39 is 5.97 Å². The van der Waals surface area contributed by atoms with Crippen molar-refractivity contribution in [1.29, 1.82) is 0 Å². The Morgan fingerprint density at radius 2 is 2.07 bits per heavy atom. The minimum absolute atomic E-state index is 0.0833. The second-order valence-electron chi connectivity index (χ2n) is 6.06. The molecule has 3 rings (SSSR count). The number of pyridine rings is 1. The maximum atomic E-state index is 12.1. The summed E-state index contributed by atoms with van der Waals surface area (Å²) in [6, 6.07) is 6.17. The molecule has 3 heterocycles. The maximum Gasteiger partial charge on any atom is 0.306 e. The van der Waals surface area contributed by atoms with Gasteiger partial charge in [-0.15, -0.1) is 0 Å². The molecule has 0 aliphatic carbocycles. The monoisotopic (exact) mass is 388 g/mol. The Balaban J connectivity index is 1.60. The molecule has 27 heavy (non-hydrogen) atoms. The molecule has 8 heteroatoms. The van der Waals surface area contributed by atoms with E-state index in [1.807, 2.05) is 0 Å². The van der Waals surface area contributed by atoms with Gasteiger partial charge in [0, 0.05) is 18.7 Å². The predicted molar refractivity (Wildman–Crippen MR) is 98.0 cm³/mol. The molecule has 0 bridgehead atoms. The quantitative estimate of drug-likeness (QED) is 0.476. The fraction of sp³-hybridized carbons (Fsp3) is 0.263. The van der Waals surface area contributed by atoms with Gasteiger partial charge in [0.15, 0.2) is 5.78 Å². The highest BCUT2D eigenvalue weighted by Crippen LogP contribution is 2.17. The van der Waals surface area contributed by atoms with Crippen LogP contribution in [-0.2, 0) is 22.6 Å². The van der Waals surface area contributed by atoms with Crippen molar-refractivity contribution in [1.82, 2.24) is 9.38 Å². The minimum atomic E-state index is -0.452. The number of ether oxygens (including phenoxy) is 1. The highest BCUT2D eigenvalue weighted by Gasteiger charge is 2.13. The number of carbonyl (C=O) groups is 2. The van der Waals surface area contributed by atoms with Gasteiger partial charge < -0.3 is 9.15 Å². The van der Waals surface area contributed by atoms with Crippen LogP contribution in [0.2, 0.25) is 5.02 Å². The molecule has 0 aliphatic heterocycles. The number of aryl methyl sites for hydroxylation is 2. The summed E-state index contributed by atoms with van der Waals surface area (Å²) in [5.74, 6) is 0.548. The first kappa shape index (κ1) is 18.8. The maximum absolute atomic E-state index is 12.1. The van der Waals surface area contributed by atoms with Crippen LogP contribution in [0.15, 0.2) is 39.7 Å². The first-order valence-corrected chi connectivity index (χ1v) is 8.65. The third-order valence-electron chi connectivity index (χ3n) is 3.98. The summed E-state index contributed by atoms with van der Waals surface area (Å²) >= 11 is 5.86. The smallest absolute Gasteiger partial charge is 0.306 e. The number of nitrogens with zero attached hydrogens (tertiary/aromatic N) is 2. The van der Waals surface area contributed by atoms with E-state index in [0.717, 1.165) is 0 Å². The predicted octanol–water partition coefficient (Wildman–Crippen LogP) is 3.13. The molecule has 0 saturated carbocycles. The number of ketones is 1. The highest BCUT2D eigenvalue weighted by atomic mass is 35.5. The summed E-state index contributed by atoms with van der Waals surface area (Å²) in [6.45, 7) is 3.06. The number of esters is 1. The van der Waals surface area contributed by atoms with E-state index in [4.69, 9.17) is 20.8 Å². The molecule has 0 N–H and O–H groups in total. The SMILES string of the molecule is CC(=O)c1cc(CCC(=O)OCc2cc(=O)n3cc(Cl)ccc3n2)oc1C. The molecule has 0 unspecified atom stereocenters. The van der Waals surface area contributed by atoms with Crippen LogP contribution in [0, 0.1) is 6.92 Å². The van der Waals surface area contributed by atoms with Gasteiger partial charge in [0.25, 0.3) is 5.56 Å². The molecule has 140 valence electrons. The number of fused-ring (bicyclic) bond motifs is 1. The number of aromatic nitrogens is 2. The van der Waals surface area contributed by atoms with Crippen molar-refractivity contribution in [3.63, 3.8) is 0 Å². The number of Topliss-reactive ketones (excluding diaryl/α,β-unsaturated/α-hetero) is 1. The van der Waals surface area contributed by atoms with Crippen LogP contribution >= 0.6 is 11.6 Å². The Hall–Kier alpha value is -2.93. The van der Waals surface area contributed by atoms with Crippen LogP contribution in [-0.4, -0.2) is 21.1 Å². The fourth-order valence-electron chi connectivity index (χ4n) is 2.67. The summed E-state index contributed by atoms with van der Waals surface area (Å²) in [7, 11) is 0. The average molecular weight is 389 g/mol. The largest absolute Gasteiger partial charge is 0.466 e. The van der Waals surface area contributed by atoms with E-state index in [2.05, 4.69) is 4.98 Å². The van der Waals surface area contributed by atoms with Gasteiger partial charge in [0.2, 0.25) is 0 Å². The number of carbonyl (C=O) groups excluding carboxylic acids is 2. The summed E-state index contributed by atoms with van der Waals surface area (Å²) in [6.07, 6.45) is 1.88. The van der Waals surface area contributed by atoms with Crippen LogP contribution in [0.5, 0.6) is 0 Å². The topological polar surface area (TPSA) is 90.9 Å². The van der Waals surface area contributed by atoms with Crippen LogP contribution in [0.1, 0.15) is 40.9 Å². The lowest BCUT2D eigenvalue weighted by Gasteiger charge is -2.06. The van der Waals surface area contributed by atoms with Crippen LogP contribution in [0.4, 0.5) is 0 Å². The Labute approximate surface area is 159 Å². The summed E-state index contributed by atoms with van der Waals surface area (Å²) < 4.78 is 12.0. The van der Waals surface area contributed by atoms with Crippen LogP contribution in [0.3, 0.4) is 0 Å². The van der Waals surface area contributed by atoms with Crippen molar-refractivity contribution in [2.75, 3.05) is 0 Å². The van der Waals surface area contributed by atoms with Gasteiger partial charge >= 0.3 is 5.97 Å². The Morgan fingerprint density at radius 3 is 2.78 bits per heavy atom. The molecule has 0 aromatic carbocycles. The zero-order chi connectivity index (χ0) is 19.6. The first-order valence-electron chi connectivity index (χ1n) is 8.27. The normalized spacial score (nSPS) is 10.9. The van der Waals surface area contributed by atoms with Gasteiger partial charge in [-0.25, -0.2) is 4.98 Å². The van der Waals surface area contributed by atoms with Gasteiger partial charge in [-0.3, -0.25) is 18.8 Å².